The minimum absolute atomic E-state index is 0.0620. The van der Waals surface area contributed by atoms with Crippen LogP contribution in [0.15, 0.2) is 12.2 Å². The van der Waals surface area contributed by atoms with Crippen LogP contribution in [0.3, 0.4) is 0 Å². The van der Waals surface area contributed by atoms with Crippen molar-refractivity contribution in [1.82, 2.24) is 0 Å². The summed E-state index contributed by atoms with van der Waals surface area (Å²) in [5, 5.41) is 28.9. The van der Waals surface area contributed by atoms with Gasteiger partial charge in [-0.15, -0.1) is 0 Å². The summed E-state index contributed by atoms with van der Waals surface area (Å²) < 4.78 is 10.6. The number of unbranched alkanes of at least 4 members (excludes halogenated alkanes) is 9. The normalized spacial score (nSPS) is 24.5. The first-order chi connectivity index (χ1) is 12.7. The molecule has 1 saturated heterocycles. The molecule has 1 aliphatic heterocycles. The van der Waals surface area contributed by atoms with Gasteiger partial charge in [-0.05, 0) is 25.7 Å². The lowest BCUT2D eigenvalue weighted by atomic mass is 10.1. The molecule has 1 aliphatic rings. The first kappa shape index (κ1) is 23.6. The number of ether oxygens (including phenoxy) is 2. The fourth-order valence-electron chi connectivity index (χ4n) is 3.20. The highest BCUT2D eigenvalue weighted by Crippen LogP contribution is 2.17. The van der Waals surface area contributed by atoms with Crippen LogP contribution in [0.4, 0.5) is 0 Å². The molecule has 1 rings (SSSR count). The summed E-state index contributed by atoms with van der Waals surface area (Å²) in [7, 11) is 0. The van der Waals surface area contributed by atoms with E-state index in [4.69, 9.17) is 9.47 Å². The number of aliphatic hydroxyl groups is 3. The van der Waals surface area contributed by atoms with Crippen LogP contribution in [0.5, 0.6) is 0 Å². The van der Waals surface area contributed by atoms with E-state index in [1.165, 1.54) is 51.4 Å². The van der Waals surface area contributed by atoms with Gasteiger partial charge in [0.1, 0.15) is 24.4 Å². The number of rotatable bonds is 16. The molecule has 0 amide bonds. The van der Waals surface area contributed by atoms with Crippen molar-refractivity contribution in [1.29, 1.82) is 0 Å². The lowest BCUT2D eigenvalue weighted by Gasteiger charge is -2.20. The molecule has 0 saturated carbocycles. The molecule has 0 bridgehead atoms. The molecule has 26 heavy (non-hydrogen) atoms. The Kier molecular flexibility index (Phi) is 14.1. The molecule has 0 aliphatic carbocycles. The number of aliphatic hydroxyl groups excluding tert-OH is 3. The van der Waals surface area contributed by atoms with Crippen LogP contribution in [0.25, 0.3) is 0 Å². The molecular formula is C21H40O5. The van der Waals surface area contributed by atoms with Gasteiger partial charge in [0.25, 0.3) is 0 Å². The van der Waals surface area contributed by atoms with E-state index in [1.807, 2.05) is 0 Å². The number of hydrogen-bond acceptors (Lipinski definition) is 5. The summed E-state index contributed by atoms with van der Waals surface area (Å²) >= 11 is 0. The van der Waals surface area contributed by atoms with Crippen LogP contribution in [-0.4, -0.2) is 59.6 Å². The highest BCUT2D eigenvalue weighted by Gasteiger charge is 2.39. The number of allylic oxidation sites excluding steroid dienone is 2. The maximum absolute atomic E-state index is 9.91. The quantitative estimate of drug-likeness (QED) is 0.286. The summed E-state index contributed by atoms with van der Waals surface area (Å²) in [5.74, 6) is 0. The van der Waals surface area contributed by atoms with Crippen LogP contribution >= 0.6 is 0 Å². The smallest absolute Gasteiger partial charge is 0.114 e. The SMILES string of the molecule is CCCCCCCCCC/C=C/CCCOC[C@@H](O)[C@@H]1OC[C@H](O)[C@@H]1O. The van der Waals surface area contributed by atoms with Gasteiger partial charge in [-0.25, -0.2) is 0 Å². The van der Waals surface area contributed by atoms with Crippen LogP contribution in [0.1, 0.15) is 77.6 Å². The Hall–Kier alpha value is -0.460. The van der Waals surface area contributed by atoms with Crippen molar-refractivity contribution >= 4 is 0 Å². The Labute approximate surface area is 159 Å². The van der Waals surface area contributed by atoms with Gasteiger partial charge < -0.3 is 24.8 Å². The second kappa shape index (κ2) is 15.6. The standard InChI is InChI=1S/C21H40O5/c1-2-3-4-5-6-7-8-9-10-11-12-13-14-15-25-16-19(23)21-20(24)18(22)17-26-21/h11-12,18-24H,2-10,13-17H2,1H3/b12-11+/t18-,19+,20-,21-/m0/s1. The van der Waals surface area contributed by atoms with Gasteiger partial charge in [-0.3, -0.25) is 0 Å². The minimum Gasteiger partial charge on any atom is -0.388 e. The second-order valence-electron chi connectivity index (χ2n) is 7.38. The monoisotopic (exact) mass is 372 g/mol. The molecule has 0 aromatic heterocycles. The van der Waals surface area contributed by atoms with Gasteiger partial charge in [0.2, 0.25) is 0 Å². The minimum atomic E-state index is -1.03. The largest absolute Gasteiger partial charge is 0.388 e. The molecule has 0 aromatic carbocycles. The molecule has 0 unspecified atom stereocenters. The van der Waals surface area contributed by atoms with Gasteiger partial charge in [-0.1, -0.05) is 64.0 Å². The zero-order chi connectivity index (χ0) is 19.0. The molecule has 5 nitrogen and oxygen atoms in total. The van der Waals surface area contributed by atoms with Crippen molar-refractivity contribution in [3.8, 4) is 0 Å². The average Bonchev–Trinajstić information content (AvgIpc) is 2.97. The van der Waals surface area contributed by atoms with Crippen LogP contribution in [0, 0.1) is 0 Å². The van der Waals surface area contributed by atoms with Crippen molar-refractivity contribution in [2.24, 2.45) is 0 Å². The number of hydrogen-bond donors (Lipinski definition) is 3. The second-order valence-corrected chi connectivity index (χ2v) is 7.38. The van der Waals surface area contributed by atoms with Crippen molar-refractivity contribution in [3.05, 3.63) is 12.2 Å². The molecule has 0 spiro atoms. The Morgan fingerprint density at radius 2 is 1.58 bits per heavy atom. The van der Waals surface area contributed by atoms with E-state index in [1.54, 1.807) is 0 Å². The molecule has 1 fully saturated rings. The molecular weight excluding hydrogens is 332 g/mol. The van der Waals surface area contributed by atoms with E-state index in [-0.39, 0.29) is 13.2 Å². The fourth-order valence-corrected chi connectivity index (χ4v) is 3.20. The lowest BCUT2D eigenvalue weighted by Crippen LogP contribution is -2.40. The third kappa shape index (κ3) is 10.6. The van der Waals surface area contributed by atoms with Gasteiger partial charge >= 0.3 is 0 Å². The molecule has 1 heterocycles. The lowest BCUT2D eigenvalue weighted by molar-refractivity contribution is -0.0811. The van der Waals surface area contributed by atoms with E-state index in [9.17, 15) is 15.3 Å². The summed E-state index contributed by atoms with van der Waals surface area (Å²) in [4.78, 5) is 0. The summed E-state index contributed by atoms with van der Waals surface area (Å²) in [6, 6.07) is 0. The predicted molar refractivity (Wildman–Crippen MR) is 104 cm³/mol. The third-order valence-electron chi connectivity index (χ3n) is 4.91. The Bertz CT molecular complexity index is 347. The van der Waals surface area contributed by atoms with Gasteiger partial charge in [0.15, 0.2) is 0 Å². The fraction of sp³-hybridized carbons (Fsp3) is 0.905. The van der Waals surface area contributed by atoms with Crippen molar-refractivity contribution < 1.29 is 24.8 Å². The first-order valence-electron chi connectivity index (χ1n) is 10.5. The van der Waals surface area contributed by atoms with Crippen LogP contribution in [-0.2, 0) is 9.47 Å². The van der Waals surface area contributed by atoms with Crippen molar-refractivity contribution in [2.45, 2.75) is 102 Å². The van der Waals surface area contributed by atoms with Gasteiger partial charge in [-0.2, -0.15) is 0 Å². The van der Waals surface area contributed by atoms with E-state index >= 15 is 0 Å². The maximum Gasteiger partial charge on any atom is 0.114 e. The van der Waals surface area contributed by atoms with Crippen LogP contribution < -0.4 is 0 Å². The Morgan fingerprint density at radius 1 is 0.962 bits per heavy atom. The van der Waals surface area contributed by atoms with E-state index in [0.29, 0.717) is 6.61 Å². The molecule has 0 radical (unpaired) electrons. The topological polar surface area (TPSA) is 79.2 Å². The summed E-state index contributed by atoms with van der Waals surface area (Å²) in [5.41, 5.74) is 0. The predicted octanol–water partition coefficient (Wildman–Crippen LogP) is 3.35. The highest BCUT2D eigenvalue weighted by atomic mass is 16.5. The van der Waals surface area contributed by atoms with E-state index < -0.39 is 24.4 Å². The molecule has 0 aromatic rings. The molecule has 3 N–H and O–H groups in total. The van der Waals surface area contributed by atoms with E-state index in [2.05, 4.69) is 19.1 Å². The first-order valence-corrected chi connectivity index (χ1v) is 10.5. The zero-order valence-electron chi connectivity index (χ0n) is 16.5. The average molecular weight is 373 g/mol. The van der Waals surface area contributed by atoms with E-state index in [0.717, 1.165) is 19.3 Å². The Morgan fingerprint density at radius 3 is 2.19 bits per heavy atom. The van der Waals surface area contributed by atoms with Gasteiger partial charge in [0, 0.05) is 6.61 Å². The summed E-state index contributed by atoms with van der Waals surface area (Å²) in [6.07, 6.45) is 14.8. The van der Waals surface area contributed by atoms with Crippen LogP contribution in [0.2, 0.25) is 0 Å². The molecule has 4 atom stereocenters. The third-order valence-corrected chi connectivity index (χ3v) is 4.91. The highest BCUT2D eigenvalue weighted by molar-refractivity contribution is 4.87. The van der Waals surface area contributed by atoms with Crippen molar-refractivity contribution in [2.75, 3.05) is 19.8 Å². The molecule has 154 valence electrons. The van der Waals surface area contributed by atoms with Gasteiger partial charge in [0.05, 0.1) is 13.2 Å². The Balaban J connectivity index is 1.84. The molecule has 5 heteroatoms. The summed E-state index contributed by atoms with van der Waals surface area (Å²) in [6.45, 7) is 3.01. The van der Waals surface area contributed by atoms with Crippen molar-refractivity contribution in [3.63, 3.8) is 0 Å². The zero-order valence-corrected chi connectivity index (χ0v) is 16.5. The maximum atomic E-state index is 9.91.